The van der Waals surface area contributed by atoms with Crippen LogP contribution in [-0.2, 0) is 16.1 Å². The summed E-state index contributed by atoms with van der Waals surface area (Å²) in [6.45, 7) is 6.34. The molecule has 0 saturated carbocycles. The van der Waals surface area contributed by atoms with E-state index in [2.05, 4.69) is 10.3 Å². The predicted molar refractivity (Wildman–Crippen MR) is 69.4 cm³/mol. The van der Waals surface area contributed by atoms with Gasteiger partial charge in [-0.15, -0.1) is 11.3 Å². The average molecular weight is 257 g/mol. The molecule has 0 saturated heterocycles. The largest absolute Gasteiger partial charge is 0.383 e. The number of carbonyl (C=O) groups excluding carboxylic acids is 1. The van der Waals surface area contributed by atoms with Crippen LogP contribution in [0.2, 0.25) is 0 Å². The maximum Gasteiger partial charge on any atom is 0.225 e. The van der Waals surface area contributed by atoms with Crippen LogP contribution in [0.5, 0.6) is 0 Å². The molecule has 1 heterocycles. The summed E-state index contributed by atoms with van der Waals surface area (Å²) in [6, 6.07) is 0. The third-order valence-corrected chi connectivity index (χ3v) is 3.17. The van der Waals surface area contributed by atoms with Crippen molar-refractivity contribution in [2.24, 2.45) is 0 Å². The first-order valence-electron chi connectivity index (χ1n) is 5.61. The van der Waals surface area contributed by atoms with E-state index in [-0.39, 0.29) is 5.91 Å². The molecule has 1 rings (SSSR count). The standard InChI is InChI=1S/C11H19N3O2S/c1-4-14(9(2)15)11-13-10(8-17-11)7-12-5-6-16-3/h8,12H,4-7H2,1-3H3. The highest BCUT2D eigenvalue weighted by Crippen LogP contribution is 2.20. The van der Waals surface area contributed by atoms with E-state index in [4.69, 9.17) is 4.74 Å². The van der Waals surface area contributed by atoms with Gasteiger partial charge in [0.05, 0.1) is 12.3 Å². The third kappa shape index (κ3) is 4.41. The van der Waals surface area contributed by atoms with Gasteiger partial charge in [0.2, 0.25) is 5.91 Å². The molecule has 0 aliphatic rings. The van der Waals surface area contributed by atoms with Gasteiger partial charge in [0.15, 0.2) is 5.13 Å². The number of hydrogen-bond acceptors (Lipinski definition) is 5. The van der Waals surface area contributed by atoms with Crippen molar-refractivity contribution < 1.29 is 9.53 Å². The molecule has 0 spiro atoms. The van der Waals surface area contributed by atoms with Gasteiger partial charge in [-0.1, -0.05) is 0 Å². The lowest BCUT2D eigenvalue weighted by Crippen LogP contribution is -2.27. The van der Waals surface area contributed by atoms with Gasteiger partial charge in [-0.3, -0.25) is 9.69 Å². The lowest BCUT2D eigenvalue weighted by Gasteiger charge is -2.14. The molecular weight excluding hydrogens is 238 g/mol. The van der Waals surface area contributed by atoms with Gasteiger partial charge < -0.3 is 10.1 Å². The van der Waals surface area contributed by atoms with Crippen molar-refractivity contribution >= 4 is 22.4 Å². The molecule has 0 aliphatic carbocycles. The Morgan fingerprint density at radius 2 is 2.41 bits per heavy atom. The van der Waals surface area contributed by atoms with Crippen LogP contribution < -0.4 is 10.2 Å². The smallest absolute Gasteiger partial charge is 0.225 e. The summed E-state index contributed by atoms with van der Waals surface area (Å²) in [6.07, 6.45) is 0. The monoisotopic (exact) mass is 257 g/mol. The van der Waals surface area contributed by atoms with Crippen molar-refractivity contribution in [2.75, 3.05) is 31.7 Å². The topological polar surface area (TPSA) is 54.5 Å². The second-order valence-electron chi connectivity index (χ2n) is 3.55. The van der Waals surface area contributed by atoms with Gasteiger partial charge in [0.1, 0.15) is 0 Å². The Balaban J connectivity index is 2.49. The van der Waals surface area contributed by atoms with E-state index in [1.807, 2.05) is 12.3 Å². The van der Waals surface area contributed by atoms with E-state index in [1.54, 1.807) is 18.9 Å². The van der Waals surface area contributed by atoms with Gasteiger partial charge in [-0.2, -0.15) is 0 Å². The SMILES string of the molecule is CCN(C(C)=O)c1nc(CNCCOC)cs1. The third-order valence-electron chi connectivity index (χ3n) is 2.26. The van der Waals surface area contributed by atoms with Crippen molar-refractivity contribution in [2.45, 2.75) is 20.4 Å². The molecule has 0 fully saturated rings. The van der Waals surface area contributed by atoms with Gasteiger partial charge >= 0.3 is 0 Å². The molecule has 5 nitrogen and oxygen atoms in total. The molecule has 0 bridgehead atoms. The van der Waals surface area contributed by atoms with Crippen molar-refractivity contribution in [3.8, 4) is 0 Å². The van der Waals surface area contributed by atoms with Crippen LogP contribution in [0.4, 0.5) is 5.13 Å². The maximum atomic E-state index is 11.3. The first-order chi connectivity index (χ1) is 8.19. The molecule has 0 aromatic carbocycles. The van der Waals surface area contributed by atoms with Gasteiger partial charge in [-0.05, 0) is 6.92 Å². The van der Waals surface area contributed by atoms with Crippen molar-refractivity contribution in [1.82, 2.24) is 10.3 Å². The number of hydrogen-bond donors (Lipinski definition) is 1. The summed E-state index contributed by atoms with van der Waals surface area (Å²) in [5.74, 6) is 0.0285. The van der Waals surface area contributed by atoms with Crippen molar-refractivity contribution in [3.05, 3.63) is 11.1 Å². The summed E-state index contributed by atoms with van der Waals surface area (Å²) >= 11 is 1.50. The first kappa shape index (κ1) is 14.1. The minimum absolute atomic E-state index is 0.0285. The van der Waals surface area contributed by atoms with E-state index >= 15 is 0 Å². The van der Waals surface area contributed by atoms with Crippen LogP contribution in [0.1, 0.15) is 19.5 Å². The van der Waals surface area contributed by atoms with Crippen LogP contribution >= 0.6 is 11.3 Å². The van der Waals surface area contributed by atoms with E-state index in [1.165, 1.54) is 11.3 Å². The number of thiazole rings is 1. The average Bonchev–Trinajstić information content (AvgIpc) is 2.74. The van der Waals surface area contributed by atoms with Crippen LogP contribution in [-0.4, -0.2) is 37.7 Å². The molecule has 0 unspecified atom stereocenters. The zero-order valence-corrected chi connectivity index (χ0v) is 11.3. The number of methoxy groups -OCH3 is 1. The zero-order chi connectivity index (χ0) is 12.7. The Hall–Kier alpha value is -0.980. The number of anilines is 1. The number of rotatable bonds is 7. The summed E-state index contributed by atoms with van der Waals surface area (Å²) in [5.41, 5.74) is 0.959. The van der Waals surface area contributed by atoms with Crippen LogP contribution in [0.25, 0.3) is 0 Å². The number of nitrogens with zero attached hydrogens (tertiary/aromatic N) is 2. The number of amides is 1. The lowest BCUT2D eigenvalue weighted by atomic mass is 10.5. The number of carbonyl (C=O) groups is 1. The Morgan fingerprint density at radius 3 is 3.00 bits per heavy atom. The highest BCUT2D eigenvalue weighted by molar-refractivity contribution is 7.14. The first-order valence-corrected chi connectivity index (χ1v) is 6.49. The van der Waals surface area contributed by atoms with Crippen molar-refractivity contribution in [1.29, 1.82) is 0 Å². The minimum Gasteiger partial charge on any atom is -0.383 e. The fourth-order valence-electron chi connectivity index (χ4n) is 1.38. The molecule has 1 aromatic heterocycles. The molecule has 1 amide bonds. The summed E-state index contributed by atoms with van der Waals surface area (Å²) in [5, 5.41) is 5.96. The molecular formula is C11H19N3O2S. The van der Waals surface area contributed by atoms with Crippen LogP contribution in [0, 0.1) is 0 Å². The fraction of sp³-hybridized carbons (Fsp3) is 0.636. The second kappa shape index (κ2) is 7.37. The van der Waals surface area contributed by atoms with Gasteiger partial charge in [-0.25, -0.2) is 4.98 Å². The number of ether oxygens (including phenoxy) is 1. The Labute approximate surface area is 106 Å². The van der Waals surface area contributed by atoms with Gasteiger partial charge in [0.25, 0.3) is 0 Å². The van der Waals surface area contributed by atoms with Gasteiger partial charge in [0, 0.05) is 39.0 Å². The maximum absolute atomic E-state index is 11.3. The normalized spacial score (nSPS) is 10.5. The highest BCUT2D eigenvalue weighted by Gasteiger charge is 2.12. The summed E-state index contributed by atoms with van der Waals surface area (Å²) in [4.78, 5) is 17.4. The van der Waals surface area contributed by atoms with Crippen LogP contribution in [0.3, 0.4) is 0 Å². The zero-order valence-electron chi connectivity index (χ0n) is 10.5. The number of aromatic nitrogens is 1. The van der Waals surface area contributed by atoms with E-state index in [9.17, 15) is 4.79 Å². The second-order valence-corrected chi connectivity index (χ2v) is 4.39. The molecule has 0 aliphatic heterocycles. The predicted octanol–water partition coefficient (Wildman–Crippen LogP) is 1.25. The van der Waals surface area contributed by atoms with Crippen LogP contribution in [0.15, 0.2) is 5.38 Å². The lowest BCUT2D eigenvalue weighted by molar-refractivity contribution is -0.116. The molecule has 96 valence electrons. The molecule has 17 heavy (non-hydrogen) atoms. The minimum atomic E-state index is 0.0285. The fourth-order valence-corrected chi connectivity index (χ4v) is 2.32. The van der Waals surface area contributed by atoms with Crippen molar-refractivity contribution in [3.63, 3.8) is 0 Å². The molecule has 1 N–H and O–H groups in total. The van der Waals surface area contributed by atoms with E-state index in [0.717, 1.165) is 17.4 Å². The number of nitrogens with one attached hydrogen (secondary N) is 1. The quantitative estimate of drug-likeness (QED) is 0.747. The molecule has 1 aromatic rings. The molecule has 6 heteroatoms. The highest BCUT2D eigenvalue weighted by atomic mass is 32.1. The van der Waals surface area contributed by atoms with E-state index < -0.39 is 0 Å². The summed E-state index contributed by atoms with van der Waals surface area (Å²) < 4.78 is 4.94. The Kier molecular flexibility index (Phi) is 6.10. The molecule has 0 radical (unpaired) electrons. The molecule has 0 atom stereocenters. The Morgan fingerprint density at radius 1 is 1.65 bits per heavy atom. The summed E-state index contributed by atoms with van der Waals surface area (Å²) in [7, 11) is 1.68. The Bertz CT molecular complexity index is 354. The van der Waals surface area contributed by atoms with E-state index in [0.29, 0.717) is 19.7 Å².